The smallest absolute Gasteiger partial charge is 0.00497 e. The highest BCUT2D eigenvalue weighted by Gasteiger charge is 2.40. The number of benzene rings is 1. The van der Waals surface area contributed by atoms with Crippen LogP contribution in [0.3, 0.4) is 0 Å². The number of allylic oxidation sites excluding steroid dienone is 1. The van der Waals surface area contributed by atoms with Crippen molar-refractivity contribution in [2.75, 3.05) is 0 Å². The average molecular weight is 331 g/mol. The molecule has 0 unspecified atom stereocenters. The van der Waals surface area contributed by atoms with E-state index in [2.05, 4.69) is 49.7 Å². The molecule has 1 heteroatoms. The van der Waals surface area contributed by atoms with Gasteiger partial charge in [0.2, 0.25) is 0 Å². The van der Waals surface area contributed by atoms with Crippen LogP contribution in [-0.2, 0) is 32.1 Å². The van der Waals surface area contributed by atoms with Crippen molar-refractivity contribution in [2.45, 2.75) is 59.8 Å². The molecule has 0 heterocycles. The Bertz CT molecular complexity index is 659. The maximum atomic E-state index is 3.75. The second-order valence-electron chi connectivity index (χ2n) is 8.61. The zero-order valence-electron chi connectivity index (χ0n) is 13.0. The molecule has 0 amide bonds. The number of rotatable bonds is 0. The minimum atomic E-state index is 0.445. The molecule has 0 aromatic heterocycles. The van der Waals surface area contributed by atoms with Crippen LogP contribution in [-0.4, -0.2) is 0 Å². The van der Waals surface area contributed by atoms with E-state index in [1.54, 1.807) is 33.4 Å². The molecule has 0 bridgehead atoms. The standard InChI is InChI=1S/C19H23Br/c1-18(2)7-14-12-5-11(20)6-13(12)15-8-19(3,4)10-17(15)16(14)9-18/h5H,6-10H2,1-4H3. The number of hydrogen-bond acceptors (Lipinski definition) is 0. The lowest BCUT2D eigenvalue weighted by Gasteiger charge is -2.17. The Hall–Kier alpha value is -0.560. The Morgan fingerprint density at radius 2 is 1.20 bits per heavy atom. The van der Waals surface area contributed by atoms with Crippen molar-refractivity contribution in [2.24, 2.45) is 10.8 Å². The molecule has 20 heavy (non-hydrogen) atoms. The van der Waals surface area contributed by atoms with Gasteiger partial charge in [-0.25, -0.2) is 0 Å². The van der Waals surface area contributed by atoms with Crippen molar-refractivity contribution in [3.63, 3.8) is 0 Å². The molecule has 106 valence electrons. The summed E-state index contributed by atoms with van der Waals surface area (Å²) < 4.78 is 1.37. The van der Waals surface area contributed by atoms with Gasteiger partial charge in [0.25, 0.3) is 0 Å². The lowest BCUT2D eigenvalue weighted by molar-refractivity contribution is 0.383. The Labute approximate surface area is 130 Å². The third-order valence-electron chi connectivity index (χ3n) is 5.38. The SMILES string of the molecule is CC1(C)Cc2c3c(c4c(c2C1)CC(C)(C)C4)CC(Br)=C3. The molecular formula is C19H23Br. The zero-order chi connectivity index (χ0) is 14.3. The molecule has 0 atom stereocenters. The first-order valence-corrected chi connectivity index (χ1v) is 8.59. The minimum Gasteiger partial charge on any atom is -0.0593 e. The maximum Gasteiger partial charge on any atom is 0.00497 e. The van der Waals surface area contributed by atoms with E-state index in [4.69, 9.17) is 0 Å². The molecule has 0 saturated heterocycles. The second-order valence-corrected chi connectivity index (χ2v) is 9.63. The molecule has 0 radical (unpaired) electrons. The van der Waals surface area contributed by atoms with E-state index in [0.29, 0.717) is 10.8 Å². The van der Waals surface area contributed by atoms with Crippen molar-refractivity contribution in [1.82, 2.24) is 0 Å². The molecule has 1 aromatic rings. The summed E-state index contributed by atoms with van der Waals surface area (Å²) >= 11 is 3.75. The number of hydrogen-bond donors (Lipinski definition) is 0. The van der Waals surface area contributed by atoms with E-state index in [1.165, 1.54) is 30.2 Å². The van der Waals surface area contributed by atoms with Gasteiger partial charge in [0.15, 0.2) is 0 Å². The van der Waals surface area contributed by atoms with Gasteiger partial charge < -0.3 is 0 Å². The minimum absolute atomic E-state index is 0.445. The van der Waals surface area contributed by atoms with E-state index in [1.807, 2.05) is 0 Å². The quantitative estimate of drug-likeness (QED) is 0.611. The van der Waals surface area contributed by atoms with Crippen LogP contribution in [0.5, 0.6) is 0 Å². The fourth-order valence-corrected chi connectivity index (χ4v) is 5.20. The van der Waals surface area contributed by atoms with Gasteiger partial charge in [-0.2, -0.15) is 0 Å². The summed E-state index contributed by atoms with van der Waals surface area (Å²) in [6.07, 6.45) is 8.62. The van der Waals surface area contributed by atoms with E-state index >= 15 is 0 Å². The van der Waals surface area contributed by atoms with Crippen molar-refractivity contribution in [3.8, 4) is 0 Å². The lowest BCUT2D eigenvalue weighted by Crippen LogP contribution is -2.11. The summed E-state index contributed by atoms with van der Waals surface area (Å²) in [6.45, 7) is 9.73. The highest BCUT2D eigenvalue weighted by Crippen LogP contribution is 2.51. The summed E-state index contributed by atoms with van der Waals surface area (Å²) in [5.41, 5.74) is 10.9. The first kappa shape index (κ1) is 13.1. The molecule has 0 fully saturated rings. The van der Waals surface area contributed by atoms with Crippen molar-refractivity contribution < 1.29 is 0 Å². The topological polar surface area (TPSA) is 0 Å². The van der Waals surface area contributed by atoms with E-state index in [0.717, 1.165) is 6.42 Å². The Kier molecular flexibility index (Phi) is 2.49. The van der Waals surface area contributed by atoms with Gasteiger partial charge in [-0.3, -0.25) is 0 Å². The molecule has 0 saturated carbocycles. The molecule has 0 N–H and O–H groups in total. The van der Waals surface area contributed by atoms with Crippen molar-refractivity contribution in [3.05, 3.63) is 37.9 Å². The maximum absolute atomic E-state index is 3.75. The molecule has 4 rings (SSSR count). The van der Waals surface area contributed by atoms with Crippen molar-refractivity contribution in [1.29, 1.82) is 0 Å². The van der Waals surface area contributed by atoms with Crippen LogP contribution in [0.15, 0.2) is 4.48 Å². The van der Waals surface area contributed by atoms with Crippen molar-refractivity contribution >= 4 is 22.0 Å². The predicted octanol–water partition coefficient (Wildman–Crippen LogP) is 5.23. The fourth-order valence-electron chi connectivity index (χ4n) is 4.69. The van der Waals surface area contributed by atoms with Gasteiger partial charge >= 0.3 is 0 Å². The summed E-state index contributed by atoms with van der Waals surface area (Å²) in [4.78, 5) is 0. The van der Waals surface area contributed by atoms with Gasteiger partial charge in [-0.15, -0.1) is 0 Å². The van der Waals surface area contributed by atoms with Crippen LogP contribution in [0.1, 0.15) is 61.1 Å². The van der Waals surface area contributed by atoms with Gasteiger partial charge in [-0.05, 0) is 76.0 Å². The van der Waals surface area contributed by atoms with Gasteiger partial charge in [-0.1, -0.05) is 43.6 Å². The zero-order valence-corrected chi connectivity index (χ0v) is 14.6. The summed E-state index contributed by atoms with van der Waals surface area (Å²) in [7, 11) is 0. The van der Waals surface area contributed by atoms with Crippen LogP contribution in [0.4, 0.5) is 0 Å². The summed E-state index contributed by atoms with van der Waals surface area (Å²) in [6, 6.07) is 0. The Morgan fingerprint density at radius 3 is 1.80 bits per heavy atom. The van der Waals surface area contributed by atoms with Gasteiger partial charge in [0.1, 0.15) is 0 Å². The molecular weight excluding hydrogens is 308 g/mol. The van der Waals surface area contributed by atoms with Crippen LogP contribution in [0, 0.1) is 10.8 Å². The Morgan fingerprint density at radius 1 is 0.750 bits per heavy atom. The number of fused-ring (bicyclic) bond motifs is 6. The van der Waals surface area contributed by atoms with Crippen LogP contribution in [0.2, 0.25) is 0 Å². The van der Waals surface area contributed by atoms with Gasteiger partial charge in [0.05, 0.1) is 0 Å². The molecule has 0 aliphatic heterocycles. The molecule has 1 aromatic carbocycles. The third kappa shape index (κ3) is 1.78. The lowest BCUT2D eigenvalue weighted by atomic mass is 9.88. The normalized spacial score (nSPS) is 24.4. The summed E-state index contributed by atoms with van der Waals surface area (Å²) in [5.74, 6) is 0. The largest absolute Gasteiger partial charge is 0.0593 e. The van der Waals surface area contributed by atoms with E-state index < -0.39 is 0 Å². The average Bonchev–Trinajstić information content (AvgIpc) is 2.90. The molecule has 0 nitrogen and oxygen atoms in total. The summed E-state index contributed by atoms with van der Waals surface area (Å²) in [5, 5.41) is 0. The van der Waals surface area contributed by atoms with Crippen LogP contribution in [0.25, 0.3) is 6.08 Å². The first-order chi connectivity index (χ1) is 9.26. The molecule has 3 aliphatic rings. The highest BCUT2D eigenvalue weighted by molar-refractivity contribution is 9.11. The third-order valence-corrected chi connectivity index (χ3v) is 5.88. The van der Waals surface area contributed by atoms with Crippen LogP contribution < -0.4 is 0 Å². The first-order valence-electron chi connectivity index (χ1n) is 7.80. The predicted molar refractivity (Wildman–Crippen MR) is 89.4 cm³/mol. The highest BCUT2D eigenvalue weighted by atomic mass is 79.9. The molecule has 0 spiro atoms. The Balaban J connectivity index is 1.99. The number of halogens is 1. The fraction of sp³-hybridized carbons (Fsp3) is 0.579. The second kappa shape index (κ2) is 3.80. The van der Waals surface area contributed by atoms with Gasteiger partial charge in [0, 0.05) is 10.9 Å². The van der Waals surface area contributed by atoms with E-state index in [9.17, 15) is 0 Å². The van der Waals surface area contributed by atoms with E-state index in [-0.39, 0.29) is 0 Å². The molecule has 3 aliphatic carbocycles. The van der Waals surface area contributed by atoms with Crippen LogP contribution >= 0.6 is 15.9 Å². The monoisotopic (exact) mass is 330 g/mol.